The number of carbonyl (C=O) groups is 1. The summed E-state index contributed by atoms with van der Waals surface area (Å²) >= 11 is 0. The Balaban J connectivity index is 1.46. The van der Waals surface area contributed by atoms with Gasteiger partial charge in [-0.15, -0.1) is 0 Å². The number of nitrogens with zero attached hydrogens (tertiary/aromatic N) is 3. The van der Waals surface area contributed by atoms with Gasteiger partial charge in [-0.1, -0.05) is 18.2 Å². The topological polar surface area (TPSA) is 96.5 Å². The highest BCUT2D eigenvalue weighted by Crippen LogP contribution is 2.25. The first-order valence-electron chi connectivity index (χ1n) is 10.4. The van der Waals surface area contributed by atoms with Crippen molar-refractivity contribution in [2.45, 2.75) is 6.61 Å². The first-order valence-corrected chi connectivity index (χ1v) is 10.4. The number of ether oxygens (including phenoxy) is 2. The number of hydrogen-bond acceptors (Lipinski definition) is 6. The van der Waals surface area contributed by atoms with Gasteiger partial charge in [0.1, 0.15) is 18.1 Å². The van der Waals surface area contributed by atoms with Crippen LogP contribution in [-0.2, 0) is 6.61 Å². The van der Waals surface area contributed by atoms with Crippen LogP contribution in [0.15, 0.2) is 91.5 Å². The Labute approximate surface area is 195 Å². The molecule has 0 aliphatic rings. The Kier molecular flexibility index (Phi) is 6.78. The number of nitro groups is 1. The Morgan fingerprint density at radius 3 is 2.65 bits per heavy atom. The smallest absolute Gasteiger partial charge is 0.273 e. The van der Waals surface area contributed by atoms with Crippen molar-refractivity contribution in [3.8, 4) is 17.2 Å². The zero-order valence-electron chi connectivity index (χ0n) is 18.3. The van der Waals surface area contributed by atoms with E-state index >= 15 is 0 Å². The molecule has 0 aliphatic carbocycles. The van der Waals surface area contributed by atoms with Gasteiger partial charge in [0, 0.05) is 35.3 Å². The van der Waals surface area contributed by atoms with E-state index in [1.807, 2.05) is 35.0 Å². The molecule has 170 valence electrons. The molecule has 4 aromatic rings. The summed E-state index contributed by atoms with van der Waals surface area (Å²) in [5, 5.41) is 11.0. The minimum atomic E-state index is -0.471. The van der Waals surface area contributed by atoms with Crippen molar-refractivity contribution in [1.82, 2.24) is 9.55 Å². The number of ketones is 1. The largest absolute Gasteiger partial charge is 0.496 e. The fourth-order valence-corrected chi connectivity index (χ4v) is 3.34. The van der Waals surface area contributed by atoms with Gasteiger partial charge in [-0.2, -0.15) is 0 Å². The molecule has 0 bridgehead atoms. The summed E-state index contributed by atoms with van der Waals surface area (Å²) in [4.78, 5) is 27.1. The first-order chi connectivity index (χ1) is 16.5. The molecule has 4 rings (SSSR count). The van der Waals surface area contributed by atoms with Crippen LogP contribution in [-0.4, -0.2) is 27.4 Å². The zero-order chi connectivity index (χ0) is 23.9. The SMILES string of the molecule is COc1ccc(/C=C/C(=O)c2ccc(-n3ccnc3)cc2)cc1COc1cccc([N+](=O)[O-])c1. The third-order valence-corrected chi connectivity index (χ3v) is 5.11. The van der Waals surface area contributed by atoms with E-state index in [-0.39, 0.29) is 18.1 Å². The van der Waals surface area contributed by atoms with E-state index in [0.29, 0.717) is 17.1 Å². The summed E-state index contributed by atoms with van der Waals surface area (Å²) in [6.45, 7) is 0.148. The van der Waals surface area contributed by atoms with E-state index in [1.54, 1.807) is 56.0 Å². The number of hydrogen-bond donors (Lipinski definition) is 0. The predicted octanol–water partition coefficient (Wildman–Crippen LogP) is 5.26. The lowest BCUT2D eigenvalue weighted by molar-refractivity contribution is -0.384. The summed E-state index contributed by atoms with van der Waals surface area (Å²) in [6.07, 6.45) is 8.46. The highest BCUT2D eigenvalue weighted by atomic mass is 16.6. The third-order valence-electron chi connectivity index (χ3n) is 5.11. The fraction of sp³-hybridized carbons (Fsp3) is 0.0769. The van der Waals surface area contributed by atoms with E-state index in [2.05, 4.69) is 4.98 Å². The molecule has 1 heterocycles. The fourth-order valence-electron chi connectivity index (χ4n) is 3.34. The number of nitro benzene ring substituents is 1. The van der Waals surface area contributed by atoms with Gasteiger partial charge in [0.2, 0.25) is 0 Å². The molecule has 0 atom stereocenters. The monoisotopic (exact) mass is 455 g/mol. The highest BCUT2D eigenvalue weighted by Gasteiger charge is 2.09. The molecule has 0 saturated carbocycles. The highest BCUT2D eigenvalue weighted by molar-refractivity contribution is 6.06. The Morgan fingerprint density at radius 2 is 1.94 bits per heavy atom. The Morgan fingerprint density at radius 1 is 1.12 bits per heavy atom. The van der Waals surface area contributed by atoms with Crippen molar-refractivity contribution in [1.29, 1.82) is 0 Å². The summed E-state index contributed by atoms with van der Waals surface area (Å²) in [5.41, 5.74) is 2.98. The van der Waals surface area contributed by atoms with Gasteiger partial charge in [-0.25, -0.2) is 4.98 Å². The third kappa shape index (κ3) is 5.36. The molecule has 1 aromatic heterocycles. The molecule has 0 radical (unpaired) electrons. The van der Waals surface area contributed by atoms with E-state index in [0.717, 1.165) is 16.8 Å². The minimum Gasteiger partial charge on any atom is -0.496 e. The van der Waals surface area contributed by atoms with Crippen molar-refractivity contribution < 1.29 is 19.2 Å². The maximum Gasteiger partial charge on any atom is 0.273 e. The van der Waals surface area contributed by atoms with Crippen molar-refractivity contribution in [2.24, 2.45) is 0 Å². The van der Waals surface area contributed by atoms with Gasteiger partial charge in [0.25, 0.3) is 5.69 Å². The summed E-state index contributed by atoms with van der Waals surface area (Å²) in [7, 11) is 1.55. The number of imidazole rings is 1. The average Bonchev–Trinajstić information content (AvgIpc) is 3.41. The number of rotatable bonds is 9. The quantitative estimate of drug-likeness (QED) is 0.148. The number of non-ortho nitro benzene ring substituents is 1. The normalized spacial score (nSPS) is 10.9. The zero-order valence-corrected chi connectivity index (χ0v) is 18.3. The van der Waals surface area contributed by atoms with Crippen molar-refractivity contribution in [2.75, 3.05) is 7.11 Å². The lowest BCUT2D eigenvalue weighted by Crippen LogP contribution is -2.00. The van der Waals surface area contributed by atoms with Crippen molar-refractivity contribution >= 4 is 17.5 Å². The molecule has 3 aromatic carbocycles. The maximum absolute atomic E-state index is 12.6. The number of allylic oxidation sites excluding steroid dienone is 1. The van der Waals surface area contributed by atoms with Gasteiger partial charge in [-0.3, -0.25) is 14.9 Å². The molecule has 0 fully saturated rings. The van der Waals surface area contributed by atoms with Gasteiger partial charge >= 0.3 is 0 Å². The predicted molar refractivity (Wildman–Crippen MR) is 127 cm³/mol. The van der Waals surface area contributed by atoms with Gasteiger partial charge < -0.3 is 14.0 Å². The van der Waals surface area contributed by atoms with E-state index < -0.39 is 4.92 Å². The van der Waals surface area contributed by atoms with Crippen LogP contribution >= 0.6 is 0 Å². The van der Waals surface area contributed by atoms with Gasteiger partial charge in [0.15, 0.2) is 5.78 Å². The molecular formula is C26H21N3O5. The number of benzene rings is 3. The molecule has 0 aliphatic heterocycles. The first kappa shape index (κ1) is 22.5. The van der Waals surface area contributed by atoms with Crippen molar-refractivity contribution in [3.05, 3.63) is 118 Å². The van der Waals surface area contributed by atoms with Gasteiger partial charge in [-0.05, 0) is 54.1 Å². The van der Waals surface area contributed by atoms with Crippen LogP contribution < -0.4 is 9.47 Å². The number of carbonyl (C=O) groups excluding carboxylic acids is 1. The molecule has 0 N–H and O–H groups in total. The van der Waals surface area contributed by atoms with Crippen LogP contribution in [0.1, 0.15) is 21.5 Å². The van der Waals surface area contributed by atoms with Crippen LogP contribution in [0.25, 0.3) is 11.8 Å². The summed E-state index contributed by atoms with van der Waals surface area (Å²) < 4.78 is 13.0. The standard InChI is InChI=1S/C26H21N3O5/c1-33-26-12-6-19(15-21(26)17-34-24-4-2-3-23(16-24)29(31)32)5-11-25(30)20-7-9-22(10-8-20)28-14-13-27-18-28/h2-16,18H,17H2,1H3/b11-5+. The molecule has 0 saturated heterocycles. The van der Waals surface area contributed by atoms with Crippen LogP contribution in [0.2, 0.25) is 0 Å². The molecule has 0 unspecified atom stereocenters. The van der Waals surface area contributed by atoms with E-state index in [4.69, 9.17) is 9.47 Å². The van der Waals surface area contributed by atoms with E-state index in [9.17, 15) is 14.9 Å². The number of aromatic nitrogens is 2. The summed E-state index contributed by atoms with van der Waals surface area (Å²) in [6, 6.07) is 18.7. The van der Waals surface area contributed by atoms with Crippen LogP contribution in [0.4, 0.5) is 5.69 Å². The van der Waals surface area contributed by atoms with Crippen LogP contribution in [0, 0.1) is 10.1 Å². The molecule has 34 heavy (non-hydrogen) atoms. The van der Waals surface area contributed by atoms with Gasteiger partial charge in [0.05, 0.1) is 24.4 Å². The number of methoxy groups -OCH3 is 1. The summed E-state index contributed by atoms with van der Waals surface area (Å²) in [5.74, 6) is 0.873. The maximum atomic E-state index is 12.6. The lowest BCUT2D eigenvalue weighted by Gasteiger charge is -2.11. The molecule has 8 nitrogen and oxygen atoms in total. The van der Waals surface area contributed by atoms with E-state index in [1.165, 1.54) is 18.2 Å². The van der Waals surface area contributed by atoms with Crippen LogP contribution in [0.3, 0.4) is 0 Å². The second-order valence-electron chi connectivity index (χ2n) is 7.33. The Bertz CT molecular complexity index is 1330. The second-order valence-corrected chi connectivity index (χ2v) is 7.33. The molecule has 0 amide bonds. The minimum absolute atomic E-state index is 0.0438. The average molecular weight is 455 g/mol. The van der Waals surface area contributed by atoms with Crippen molar-refractivity contribution in [3.63, 3.8) is 0 Å². The molecule has 0 spiro atoms. The molecule has 8 heteroatoms. The lowest BCUT2D eigenvalue weighted by atomic mass is 10.1. The molecular weight excluding hydrogens is 434 g/mol. The Hall–Kier alpha value is -4.72. The second kappa shape index (κ2) is 10.3. The van der Waals surface area contributed by atoms with Crippen LogP contribution in [0.5, 0.6) is 11.5 Å².